The Morgan fingerprint density at radius 2 is 1.71 bits per heavy atom. The summed E-state index contributed by atoms with van der Waals surface area (Å²) >= 11 is 0. The molecule has 1 saturated carbocycles. The fourth-order valence-corrected chi connectivity index (χ4v) is 4.92. The molecule has 2 bridgehead atoms. The van der Waals surface area contributed by atoms with Crippen molar-refractivity contribution in [3.8, 4) is 5.75 Å². The van der Waals surface area contributed by atoms with Gasteiger partial charge >= 0.3 is 0 Å². The van der Waals surface area contributed by atoms with Crippen molar-refractivity contribution < 1.29 is 9.84 Å². The summed E-state index contributed by atoms with van der Waals surface area (Å²) < 4.78 is 5.29. The molecular weight excluding hydrogens is 352 g/mol. The Bertz CT molecular complexity index is 777. The molecule has 2 aliphatic rings. The van der Waals surface area contributed by atoms with Gasteiger partial charge in [0.05, 0.1) is 12.7 Å². The maximum Gasteiger partial charge on any atom is 0.224 e. The van der Waals surface area contributed by atoms with Crippen molar-refractivity contribution in [1.82, 2.24) is 14.9 Å². The Hall–Kier alpha value is -2.18. The van der Waals surface area contributed by atoms with Crippen LogP contribution in [0.1, 0.15) is 30.4 Å². The first-order chi connectivity index (χ1) is 13.5. The Morgan fingerprint density at radius 1 is 1.11 bits per heavy atom. The summed E-state index contributed by atoms with van der Waals surface area (Å²) in [5, 5.41) is 11.8. The van der Waals surface area contributed by atoms with Gasteiger partial charge in [-0.05, 0) is 30.5 Å². The van der Waals surface area contributed by atoms with Crippen molar-refractivity contribution in [2.75, 3.05) is 39.2 Å². The standard InChI is InChI=1S/C22H30N4O2/c1-25(2)21-23-11-16(12-24-21)13-26-14-18-5-4-6-19(15-26)22(18,27)17-7-9-20(28-3)10-8-17/h7-12,18-19,27H,4-6,13-15H2,1-3H3/t18-,19+,22?. The van der Waals surface area contributed by atoms with Gasteiger partial charge in [-0.3, -0.25) is 4.90 Å². The summed E-state index contributed by atoms with van der Waals surface area (Å²) in [6.07, 6.45) is 7.16. The van der Waals surface area contributed by atoms with Crippen molar-refractivity contribution in [2.24, 2.45) is 11.8 Å². The summed E-state index contributed by atoms with van der Waals surface area (Å²) in [6.45, 7) is 2.63. The van der Waals surface area contributed by atoms with E-state index in [0.29, 0.717) is 0 Å². The van der Waals surface area contributed by atoms with E-state index >= 15 is 0 Å². The van der Waals surface area contributed by atoms with E-state index in [2.05, 4.69) is 14.9 Å². The zero-order valence-electron chi connectivity index (χ0n) is 17.0. The highest BCUT2D eigenvalue weighted by atomic mass is 16.5. The van der Waals surface area contributed by atoms with Crippen LogP contribution >= 0.6 is 0 Å². The first kappa shape index (κ1) is 19.2. The second-order valence-corrected chi connectivity index (χ2v) is 8.36. The number of nitrogens with zero attached hydrogens (tertiary/aromatic N) is 4. The van der Waals surface area contributed by atoms with Gasteiger partial charge < -0.3 is 14.7 Å². The van der Waals surface area contributed by atoms with Gasteiger partial charge in [-0.25, -0.2) is 9.97 Å². The zero-order valence-corrected chi connectivity index (χ0v) is 17.0. The maximum atomic E-state index is 11.8. The number of likely N-dealkylation sites (tertiary alicyclic amines) is 1. The highest BCUT2D eigenvalue weighted by Crippen LogP contribution is 2.49. The van der Waals surface area contributed by atoms with Gasteiger partial charge in [0.25, 0.3) is 0 Å². The molecule has 1 N–H and O–H groups in total. The summed E-state index contributed by atoms with van der Waals surface area (Å²) in [6, 6.07) is 7.99. The molecule has 28 heavy (non-hydrogen) atoms. The molecule has 1 aliphatic carbocycles. The number of rotatable bonds is 5. The quantitative estimate of drug-likeness (QED) is 0.858. The van der Waals surface area contributed by atoms with E-state index in [1.54, 1.807) is 7.11 Å². The van der Waals surface area contributed by atoms with Crippen molar-refractivity contribution in [2.45, 2.75) is 31.4 Å². The van der Waals surface area contributed by atoms with Crippen LogP contribution in [0, 0.1) is 11.8 Å². The molecule has 2 aromatic rings. The van der Waals surface area contributed by atoms with E-state index in [1.807, 2.05) is 55.7 Å². The third-order valence-corrected chi connectivity index (χ3v) is 6.36. The topological polar surface area (TPSA) is 61.7 Å². The molecule has 4 rings (SSSR count). The lowest BCUT2D eigenvalue weighted by atomic mass is 9.62. The molecule has 1 unspecified atom stereocenters. The molecule has 2 fully saturated rings. The average molecular weight is 383 g/mol. The predicted octanol–water partition coefficient (Wildman–Crippen LogP) is 2.67. The number of methoxy groups -OCH3 is 1. The fraction of sp³-hybridized carbons (Fsp3) is 0.545. The summed E-state index contributed by atoms with van der Waals surface area (Å²) in [5.74, 6) is 2.05. The molecule has 6 heteroatoms. The van der Waals surface area contributed by atoms with Crippen LogP contribution in [0.5, 0.6) is 5.75 Å². The molecular formula is C22H30N4O2. The smallest absolute Gasteiger partial charge is 0.224 e. The van der Waals surface area contributed by atoms with Gasteiger partial charge in [-0.1, -0.05) is 18.6 Å². The van der Waals surface area contributed by atoms with E-state index in [1.165, 1.54) is 6.42 Å². The second-order valence-electron chi connectivity index (χ2n) is 8.36. The van der Waals surface area contributed by atoms with Gasteiger partial charge in [-0.15, -0.1) is 0 Å². The molecule has 3 atom stereocenters. The summed E-state index contributed by atoms with van der Waals surface area (Å²) in [4.78, 5) is 13.2. The van der Waals surface area contributed by atoms with E-state index in [-0.39, 0.29) is 11.8 Å². The first-order valence-corrected chi connectivity index (χ1v) is 10.1. The van der Waals surface area contributed by atoms with Crippen molar-refractivity contribution in [3.63, 3.8) is 0 Å². The largest absolute Gasteiger partial charge is 0.497 e. The monoisotopic (exact) mass is 382 g/mol. The van der Waals surface area contributed by atoms with Crippen LogP contribution in [0.3, 0.4) is 0 Å². The summed E-state index contributed by atoms with van der Waals surface area (Å²) in [7, 11) is 5.56. The molecule has 0 amide bonds. The SMILES string of the molecule is COc1ccc(C2(O)[C@@H]3CCC[C@H]2CN(Cc2cnc(N(C)C)nc2)C3)cc1. The molecule has 0 spiro atoms. The normalized spacial score (nSPS) is 27.4. The van der Waals surface area contributed by atoms with Crippen LogP contribution in [-0.2, 0) is 12.1 Å². The Labute approximate surface area is 167 Å². The predicted molar refractivity (Wildman–Crippen MR) is 109 cm³/mol. The molecule has 1 aliphatic heterocycles. The molecule has 2 heterocycles. The van der Waals surface area contributed by atoms with Crippen LogP contribution in [0.25, 0.3) is 0 Å². The van der Waals surface area contributed by atoms with Crippen LogP contribution in [0.15, 0.2) is 36.7 Å². The Kier molecular flexibility index (Phi) is 5.25. The maximum absolute atomic E-state index is 11.8. The van der Waals surface area contributed by atoms with Gasteiger partial charge in [0.1, 0.15) is 5.75 Å². The van der Waals surface area contributed by atoms with Crippen LogP contribution in [0.2, 0.25) is 0 Å². The van der Waals surface area contributed by atoms with Gasteiger partial charge in [0, 0.05) is 63.5 Å². The Morgan fingerprint density at radius 3 is 2.25 bits per heavy atom. The number of aromatic nitrogens is 2. The van der Waals surface area contributed by atoms with Crippen molar-refractivity contribution >= 4 is 5.95 Å². The number of benzene rings is 1. The van der Waals surface area contributed by atoms with Crippen molar-refractivity contribution in [3.05, 3.63) is 47.8 Å². The lowest BCUT2D eigenvalue weighted by molar-refractivity contribution is -0.148. The fourth-order valence-electron chi connectivity index (χ4n) is 4.92. The van der Waals surface area contributed by atoms with E-state index in [0.717, 1.165) is 55.3 Å². The van der Waals surface area contributed by atoms with Crippen LogP contribution in [-0.4, -0.2) is 54.3 Å². The van der Waals surface area contributed by atoms with E-state index in [9.17, 15) is 5.11 Å². The molecule has 6 nitrogen and oxygen atoms in total. The number of hydrogen-bond acceptors (Lipinski definition) is 6. The highest BCUT2D eigenvalue weighted by Gasteiger charge is 2.51. The molecule has 1 aromatic carbocycles. The molecule has 1 aromatic heterocycles. The molecule has 1 saturated heterocycles. The van der Waals surface area contributed by atoms with Crippen molar-refractivity contribution in [1.29, 1.82) is 0 Å². The average Bonchev–Trinajstić information content (AvgIpc) is 2.69. The van der Waals surface area contributed by atoms with Crippen LogP contribution in [0.4, 0.5) is 5.95 Å². The minimum Gasteiger partial charge on any atom is -0.497 e. The molecule has 150 valence electrons. The lowest BCUT2D eigenvalue weighted by Crippen LogP contribution is -2.57. The van der Waals surface area contributed by atoms with Gasteiger partial charge in [0.15, 0.2) is 0 Å². The first-order valence-electron chi connectivity index (χ1n) is 10.1. The summed E-state index contributed by atoms with van der Waals surface area (Å²) in [5.41, 5.74) is 1.41. The molecule has 0 radical (unpaired) electrons. The second kappa shape index (κ2) is 7.68. The number of aliphatic hydroxyl groups is 1. The minimum atomic E-state index is -0.744. The van der Waals surface area contributed by atoms with Crippen LogP contribution < -0.4 is 9.64 Å². The number of hydrogen-bond donors (Lipinski definition) is 1. The third-order valence-electron chi connectivity index (χ3n) is 6.36. The number of fused-ring (bicyclic) bond motifs is 2. The van der Waals surface area contributed by atoms with Gasteiger partial charge in [-0.2, -0.15) is 0 Å². The minimum absolute atomic E-state index is 0.246. The number of ether oxygens (including phenoxy) is 1. The number of anilines is 1. The third kappa shape index (κ3) is 3.47. The van der Waals surface area contributed by atoms with E-state index in [4.69, 9.17) is 4.74 Å². The Balaban J connectivity index is 1.51. The highest BCUT2D eigenvalue weighted by molar-refractivity contribution is 5.33. The number of piperidine rings is 1. The zero-order chi connectivity index (χ0) is 19.7. The lowest BCUT2D eigenvalue weighted by Gasteiger charge is -2.53. The van der Waals surface area contributed by atoms with Gasteiger partial charge in [0.2, 0.25) is 5.95 Å². The van der Waals surface area contributed by atoms with E-state index < -0.39 is 5.60 Å².